The Morgan fingerprint density at radius 3 is 2.71 bits per heavy atom. The fraction of sp³-hybridized carbons (Fsp3) is 0.579. The first-order valence-electron chi connectivity index (χ1n) is 8.55. The lowest BCUT2D eigenvalue weighted by Gasteiger charge is -2.35. The standard InChI is InChI=1S/C19H26N2/c1-13-3-6-19-17(11-13)18(12-20-19)16-7-9-21(10-8-16)14(2)15-4-5-15/h6,11-13,15-16,20H,2-5,7-10H2,1H3. The van der Waals surface area contributed by atoms with Crippen molar-refractivity contribution < 1.29 is 0 Å². The third-order valence-corrected chi connectivity index (χ3v) is 5.52. The number of likely N-dealkylation sites (tertiary alicyclic amines) is 1. The fourth-order valence-corrected chi connectivity index (χ4v) is 3.97. The number of fused-ring (bicyclic) bond motifs is 1. The lowest BCUT2D eigenvalue weighted by molar-refractivity contribution is 0.253. The van der Waals surface area contributed by atoms with E-state index in [0.717, 1.165) is 11.8 Å². The van der Waals surface area contributed by atoms with Crippen LogP contribution in [0.2, 0.25) is 0 Å². The molecule has 4 rings (SSSR count). The molecule has 2 aliphatic carbocycles. The van der Waals surface area contributed by atoms with Crippen LogP contribution >= 0.6 is 0 Å². The third kappa shape index (κ3) is 2.45. The lowest BCUT2D eigenvalue weighted by atomic mass is 9.88. The van der Waals surface area contributed by atoms with Gasteiger partial charge >= 0.3 is 0 Å². The van der Waals surface area contributed by atoms with Gasteiger partial charge in [-0.05, 0) is 60.6 Å². The number of rotatable bonds is 3. The van der Waals surface area contributed by atoms with Crippen molar-refractivity contribution in [2.45, 2.75) is 44.9 Å². The molecular weight excluding hydrogens is 256 g/mol. The number of nitrogens with zero attached hydrogens (tertiary/aromatic N) is 1. The van der Waals surface area contributed by atoms with Crippen molar-refractivity contribution in [3.05, 3.63) is 34.6 Å². The van der Waals surface area contributed by atoms with Crippen LogP contribution in [0.5, 0.6) is 0 Å². The number of hydrogen-bond donors (Lipinski definition) is 1. The minimum atomic E-state index is 0.682. The van der Waals surface area contributed by atoms with Crippen molar-refractivity contribution in [2.75, 3.05) is 13.1 Å². The van der Waals surface area contributed by atoms with E-state index >= 15 is 0 Å². The summed E-state index contributed by atoms with van der Waals surface area (Å²) in [6.07, 6.45) is 13.6. The summed E-state index contributed by atoms with van der Waals surface area (Å²) in [5.41, 5.74) is 2.97. The van der Waals surface area contributed by atoms with Gasteiger partial charge in [-0.1, -0.05) is 25.7 Å². The average Bonchev–Trinajstić information content (AvgIpc) is 3.27. The largest absolute Gasteiger partial charge is 0.375 e. The molecule has 3 aliphatic rings. The van der Waals surface area contributed by atoms with Crippen LogP contribution in [0.4, 0.5) is 0 Å². The molecule has 1 aromatic rings. The van der Waals surface area contributed by atoms with Crippen molar-refractivity contribution in [1.29, 1.82) is 0 Å². The van der Waals surface area contributed by atoms with Crippen molar-refractivity contribution in [3.63, 3.8) is 0 Å². The number of H-pyrrole nitrogens is 1. The van der Waals surface area contributed by atoms with Gasteiger partial charge in [0, 0.05) is 30.3 Å². The van der Waals surface area contributed by atoms with Crippen LogP contribution in [-0.4, -0.2) is 23.0 Å². The van der Waals surface area contributed by atoms with E-state index in [1.165, 1.54) is 61.5 Å². The highest BCUT2D eigenvalue weighted by Crippen LogP contribution is 2.39. The Bertz CT molecular complexity index is 654. The van der Waals surface area contributed by atoms with Crippen LogP contribution in [0.1, 0.15) is 50.5 Å². The van der Waals surface area contributed by atoms with Gasteiger partial charge in [0.15, 0.2) is 0 Å². The third-order valence-electron chi connectivity index (χ3n) is 5.52. The summed E-state index contributed by atoms with van der Waals surface area (Å²) >= 11 is 0. The van der Waals surface area contributed by atoms with E-state index in [4.69, 9.17) is 0 Å². The average molecular weight is 282 g/mol. The summed E-state index contributed by atoms with van der Waals surface area (Å²) in [4.78, 5) is 6.04. The van der Waals surface area contributed by atoms with Gasteiger partial charge in [-0.25, -0.2) is 0 Å². The quantitative estimate of drug-likeness (QED) is 0.903. The normalized spacial score (nSPS) is 26.0. The van der Waals surface area contributed by atoms with E-state index < -0.39 is 0 Å². The van der Waals surface area contributed by atoms with Crippen molar-refractivity contribution in [2.24, 2.45) is 11.8 Å². The Labute approximate surface area is 127 Å². The summed E-state index contributed by atoms with van der Waals surface area (Å²) in [7, 11) is 0. The second-order valence-electron chi connectivity index (χ2n) is 7.18. The molecule has 0 aromatic carbocycles. The van der Waals surface area contributed by atoms with E-state index in [0.29, 0.717) is 5.92 Å². The number of nitrogens with one attached hydrogen (secondary N) is 1. The minimum Gasteiger partial charge on any atom is -0.375 e. The topological polar surface area (TPSA) is 19.0 Å². The van der Waals surface area contributed by atoms with Gasteiger partial charge in [-0.2, -0.15) is 0 Å². The number of aromatic amines is 1. The SMILES string of the molecule is C=C(C1CC1)N1CCC(c2c[nH]c3c2=CC(C)CC=3)CC1. The van der Waals surface area contributed by atoms with Gasteiger partial charge in [0.2, 0.25) is 0 Å². The highest BCUT2D eigenvalue weighted by atomic mass is 15.1. The molecule has 0 bridgehead atoms. The monoisotopic (exact) mass is 282 g/mol. The van der Waals surface area contributed by atoms with Crippen LogP contribution in [-0.2, 0) is 0 Å². The molecule has 1 saturated carbocycles. The van der Waals surface area contributed by atoms with Crippen molar-refractivity contribution in [1.82, 2.24) is 9.88 Å². The van der Waals surface area contributed by atoms with Gasteiger partial charge in [0.1, 0.15) is 0 Å². The molecule has 21 heavy (non-hydrogen) atoms. The zero-order valence-corrected chi connectivity index (χ0v) is 13.1. The molecule has 1 aromatic heterocycles. The van der Waals surface area contributed by atoms with Gasteiger partial charge in [-0.15, -0.1) is 0 Å². The molecule has 2 heterocycles. The number of piperidine rings is 1. The predicted molar refractivity (Wildman–Crippen MR) is 88.2 cm³/mol. The molecular formula is C19H26N2. The Morgan fingerprint density at radius 2 is 2.00 bits per heavy atom. The fourth-order valence-electron chi connectivity index (χ4n) is 3.97. The molecule has 0 radical (unpaired) electrons. The van der Waals surface area contributed by atoms with E-state index in [1.54, 1.807) is 5.56 Å². The Balaban J connectivity index is 1.51. The molecule has 0 spiro atoms. The molecule has 2 nitrogen and oxygen atoms in total. The molecule has 2 fully saturated rings. The highest BCUT2D eigenvalue weighted by molar-refractivity contribution is 5.42. The van der Waals surface area contributed by atoms with E-state index in [-0.39, 0.29) is 0 Å². The van der Waals surface area contributed by atoms with Gasteiger partial charge in [0.05, 0.1) is 0 Å². The summed E-state index contributed by atoms with van der Waals surface area (Å²) < 4.78 is 0. The second-order valence-corrected chi connectivity index (χ2v) is 7.18. The maximum atomic E-state index is 4.32. The first-order valence-corrected chi connectivity index (χ1v) is 8.55. The van der Waals surface area contributed by atoms with Crippen LogP contribution < -0.4 is 10.6 Å². The summed E-state index contributed by atoms with van der Waals surface area (Å²) in [5, 5.41) is 2.85. The summed E-state index contributed by atoms with van der Waals surface area (Å²) in [5.74, 6) is 2.22. The maximum absolute atomic E-state index is 4.32. The van der Waals surface area contributed by atoms with Gasteiger partial charge in [-0.3, -0.25) is 0 Å². The van der Waals surface area contributed by atoms with E-state index in [2.05, 4.69) is 41.7 Å². The lowest BCUT2D eigenvalue weighted by Crippen LogP contribution is -2.35. The molecule has 2 heteroatoms. The van der Waals surface area contributed by atoms with E-state index in [1.807, 2.05) is 0 Å². The Kier molecular flexibility index (Phi) is 3.20. The number of allylic oxidation sites excluding steroid dienone is 1. The van der Waals surface area contributed by atoms with Crippen molar-refractivity contribution >= 4 is 12.2 Å². The highest BCUT2D eigenvalue weighted by Gasteiger charge is 2.30. The van der Waals surface area contributed by atoms with Crippen LogP contribution in [0.15, 0.2) is 18.5 Å². The molecule has 1 aliphatic heterocycles. The molecule has 1 atom stereocenters. The zero-order chi connectivity index (χ0) is 14.4. The number of aromatic nitrogens is 1. The van der Waals surface area contributed by atoms with E-state index in [9.17, 15) is 0 Å². The van der Waals surface area contributed by atoms with Crippen LogP contribution in [0.3, 0.4) is 0 Å². The van der Waals surface area contributed by atoms with Gasteiger partial charge in [0.25, 0.3) is 0 Å². The van der Waals surface area contributed by atoms with Crippen LogP contribution in [0.25, 0.3) is 12.2 Å². The second kappa shape index (κ2) is 5.08. The summed E-state index contributed by atoms with van der Waals surface area (Å²) in [6, 6.07) is 0. The molecule has 1 unspecified atom stereocenters. The van der Waals surface area contributed by atoms with Gasteiger partial charge < -0.3 is 9.88 Å². The first kappa shape index (κ1) is 13.2. The summed E-state index contributed by atoms with van der Waals surface area (Å²) in [6.45, 7) is 9.02. The molecule has 1 saturated heterocycles. The smallest absolute Gasteiger partial charge is 0.0413 e. The Morgan fingerprint density at radius 1 is 1.24 bits per heavy atom. The zero-order valence-electron chi connectivity index (χ0n) is 13.1. The predicted octanol–water partition coefficient (Wildman–Crippen LogP) is 2.72. The minimum absolute atomic E-state index is 0.682. The molecule has 1 N–H and O–H groups in total. The van der Waals surface area contributed by atoms with Crippen LogP contribution in [0, 0.1) is 11.8 Å². The molecule has 112 valence electrons. The number of hydrogen-bond acceptors (Lipinski definition) is 1. The maximum Gasteiger partial charge on any atom is 0.0413 e. The molecule has 0 amide bonds. The first-order chi connectivity index (χ1) is 10.2. The van der Waals surface area contributed by atoms with Crippen molar-refractivity contribution in [3.8, 4) is 0 Å². The Hall–Kier alpha value is -1.44.